The number of alkyl carbamates (subject to hydrolysis) is 1. The standard InChI is InChI=1S/C37H39N7O2.C4H7NO3.2C3H8O.C2H6O.C2H2/c1-3-23-12-15-43(2)33(23)35-39-18-30(41-35)25-6-4-24(5-7-25)26-8-9-28-17-29(11-10-27(28)16-26)31-19-40-36(42-31)34-37(13-14-37)21-44(34)32(46)20-38-22-45;1-8-4(7)5-2-3-6;2*1-3-4-2;1-3-2;1-2/h4-11,16-19,22-23,33-34H,3,12-15,20-21H2,1-2H3,(H,38,45)(H,39,41)(H,40,42);3H,2H2,1H3,(H,5,7);2*3H2,1-2H3;1-2H3;1-2H/t23-,33+,34?;;;;;/m1...../s1. The van der Waals surface area contributed by atoms with Crippen molar-refractivity contribution in [2.24, 2.45) is 11.3 Å². The molecule has 0 radical (unpaired) electrons. The molecule has 1 unspecified atom stereocenters. The van der Waals surface area contributed by atoms with Gasteiger partial charge in [0.1, 0.15) is 17.9 Å². The fraction of sp³-hybridized carbons (Fsp3) is 0.451. The molecule has 3 amide bonds. The molecule has 1 saturated carbocycles. The lowest BCUT2D eigenvalue weighted by atomic mass is 9.84. The molecule has 2 aromatic heterocycles. The van der Waals surface area contributed by atoms with Crippen LogP contribution in [0.1, 0.15) is 70.2 Å². The molecule has 3 fully saturated rings. The second kappa shape index (κ2) is 28.6. The second-order valence-corrected chi connectivity index (χ2v) is 16.0. The fourth-order valence-electron chi connectivity index (χ4n) is 8.00. The molecule has 3 atom stereocenters. The van der Waals surface area contributed by atoms with Crippen LogP contribution in [0.4, 0.5) is 4.79 Å². The maximum Gasteiger partial charge on any atom is 0.407 e. The number of hydrogen-bond donors (Lipinski definition) is 4. The smallest absolute Gasteiger partial charge is 0.407 e. The molecular weight excluding hydrogens is 853 g/mol. The highest BCUT2D eigenvalue weighted by molar-refractivity contribution is 5.90. The number of nitrogens with one attached hydrogen (secondary N) is 4. The largest absolute Gasteiger partial charge is 0.453 e. The molecule has 2 saturated heterocycles. The molecule has 0 bridgehead atoms. The quantitative estimate of drug-likeness (QED) is 0.0677. The highest BCUT2D eigenvalue weighted by Crippen LogP contribution is 2.64. The van der Waals surface area contributed by atoms with E-state index < -0.39 is 6.09 Å². The highest BCUT2D eigenvalue weighted by atomic mass is 16.5. The van der Waals surface area contributed by atoms with Crippen LogP contribution in [0.2, 0.25) is 0 Å². The first kappa shape index (κ1) is 55.0. The van der Waals surface area contributed by atoms with Gasteiger partial charge in [0, 0.05) is 59.2 Å². The first-order valence-electron chi connectivity index (χ1n) is 22.4. The van der Waals surface area contributed by atoms with Crippen molar-refractivity contribution >= 4 is 35.5 Å². The molecular formula is C51H70N8O8. The van der Waals surface area contributed by atoms with Gasteiger partial charge in [-0.3, -0.25) is 14.5 Å². The van der Waals surface area contributed by atoms with Gasteiger partial charge < -0.3 is 49.2 Å². The number of aldehydes is 1. The number of terminal acetylenes is 1. The molecule has 67 heavy (non-hydrogen) atoms. The van der Waals surface area contributed by atoms with Crippen molar-refractivity contribution in [3.63, 3.8) is 0 Å². The van der Waals surface area contributed by atoms with E-state index in [1.165, 1.54) is 36.5 Å². The lowest BCUT2D eigenvalue weighted by Gasteiger charge is -2.48. The van der Waals surface area contributed by atoms with Crippen LogP contribution in [0, 0.1) is 24.2 Å². The number of benzene rings is 3. The predicted molar refractivity (Wildman–Crippen MR) is 263 cm³/mol. The summed E-state index contributed by atoms with van der Waals surface area (Å²) < 4.78 is 17.5. The van der Waals surface area contributed by atoms with Gasteiger partial charge in [0.05, 0.1) is 56.1 Å². The summed E-state index contributed by atoms with van der Waals surface area (Å²) in [4.78, 5) is 63.8. The van der Waals surface area contributed by atoms with Crippen LogP contribution in [-0.2, 0) is 33.3 Å². The fourth-order valence-corrected chi connectivity index (χ4v) is 8.00. The number of fused-ring (bicyclic) bond motifs is 1. The summed E-state index contributed by atoms with van der Waals surface area (Å²) in [6.45, 7) is 9.71. The Bertz CT molecular complexity index is 2280. The molecule has 4 heterocycles. The summed E-state index contributed by atoms with van der Waals surface area (Å²) in [5, 5.41) is 6.97. The summed E-state index contributed by atoms with van der Waals surface area (Å²) in [6, 6.07) is 22.1. The van der Waals surface area contributed by atoms with E-state index in [1.54, 1.807) is 28.4 Å². The number of carbonyl (C=O) groups excluding carboxylic acids is 4. The van der Waals surface area contributed by atoms with Crippen molar-refractivity contribution in [3.8, 4) is 46.5 Å². The molecule has 16 nitrogen and oxygen atoms in total. The molecule has 3 aliphatic rings. The van der Waals surface area contributed by atoms with E-state index in [2.05, 4.69) is 132 Å². The van der Waals surface area contributed by atoms with Crippen molar-refractivity contribution in [1.82, 2.24) is 40.4 Å². The van der Waals surface area contributed by atoms with Gasteiger partial charge in [-0.2, -0.15) is 0 Å². The molecule has 3 aromatic carbocycles. The van der Waals surface area contributed by atoms with Crippen LogP contribution < -0.4 is 10.6 Å². The number of rotatable bonds is 13. The summed E-state index contributed by atoms with van der Waals surface area (Å²) >= 11 is 0. The average molecular weight is 923 g/mol. The summed E-state index contributed by atoms with van der Waals surface area (Å²) in [5.74, 6) is 2.47. The van der Waals surface area contributed by atoms with Gasteiger partial charge in [-0.1, -0.05) is 61.9 Å². The van der Waals surface area contributed by atoms with Gasteiger partial charge in [0.15, 0.2) is 0 Å². The van der Waals surface area contributed by atoms with Gasteiger partial charge in [0.2, 0.25) is 12.3 Å². The van der Waals surface area contributed by atoms with Crippen LogP contribution in [0.25, 0.3) is 44.4 Å². The van der Waals surface area contributed by atoms with Gasteiger partial charge in [-0.05, 0) is 92.2 Å². The maximum absolute atomic E-state index is 12.7. The Labute approximate surface area is 395 Å². The molecule has 2 aliphatic heterocycles. The molecule has 4 N–H and O–H groups in total. The predicted octanol–water partition coefficient (Wildman–Crippen LogP) is 7.46. The van der Waals surface area contributed by atoms with E-state index in [0.717, 1.165) is 78.7 Å². The Balaban J connectivity index is 0.000000480. The minimum atomic E-state index is -0.586. The van der Waals surface area contributed by atoms with Gasteiger partial charge in [-0.25, -0.2) is 14.8 Å². The van der Waals surface area contributed by atoms with Gasteiger partial charge >= 0.3 is 6.09 Å². The number of methoxy groups -OCH3 is 4. The molecule has 1 aliphatic carbocycles. The van der Waals surface area contributed by atoms with Crippen LogP contribution >= 0.6 is 0 Å². The maximum atomic E-state index is 12.7. The van der Waals surface area contributed by atoms with Gasteiger partial charge in [0.25, 0.3) is 0 Å². The van der Waals surface area contributed by atoms with E-state index in [4.69, 9.17) is 9.97 Å². The molecule has 362 valence electrons. The van der Waals surface area contributed by atoms with E-state index in [9.17, 15) is 19.2 Å². The number of likely N-dealkylation sites (tertiary alicyclic amines) is 2. The van der Waals surface area contributed by atoms with E-state index in [0.29, 0.717) is 24.7 Å². The molecule has 1 spiro atoms. The SMILES string of the molecule is C#C.CCOC.CCOC.CC[C@@H]1CCN(C)[C@@H]1c1ncc(-c2ccc(-c3ccc4cc(-c5cnc(C6N(C(=O)CNC=O)CC67CC7)[nH]5)ccc4c3)cc2)[nH]1.COC.COC(=O)NCC=O. The number of aromatic amines is 2. The van der Waals surface area contributed by atoms with Crippen molar-refractivity contribution in [3.05, 3.63) is 84.7 Å². The summed E-state index contributed by atoms with van der Waals surface area (Å²) in [7, 11) is 10.0. The van der Waals surface area contributed by atoms with Crippen LogP contribution in [0.5, 0.6) is 0 Å². The number of carbonyl (C=O) groups is 4. The number of imidazole rings is 2. The normalized spacial score (nSPS) is 17.1. The lowest BCUT2D eigenvalue weighted by Crippen LogP contribution is -2.56. The third kappa shape index (κ3) is 15.1. The number of amides is 3. The van der Waals surface area contributed by atoms with Crippen molar-refractivity contribution in [1.29, 1.82) is 0 Å². The van der Waals surface area contributed by atoms with Crippen molar-refractivity contribution in [2.75, 3.05) is 82.0 Å². The van der Waals surface area contributed by atoms with Crippen LogP contribution in [-0.4, -0.2) is 136 Å². The number of hydrogen-bond acceptors (Lipinski definition) is 11. The Morgan fingerprint density at radius 3 is 1.87 bits per heavy atom. The number of H-pyrrole nitrogens is 2. The van der Waals surface area contributed by atoms with E-state index >= 15 is 0 Å². The minimum absolute atomic E-state index is 0.00662. The zero-order chi connectivity index (χ0) is 49.4. The third-order valence-corrected chi connectivity index (χ3v) is 11.7. The van der Waals surface area contributed by atoms with Gasteiger partial charge in [-0.15, -0.1) is 12.8 Å². The monoisotopic (exact) mass is 923 g/mol. The van der Waals surface area contributed by atoms with Crippen molar-refractivity contribution in [2.45, 2.75) is 58.5 Å². The lowest BCUT2D eigenvalue weighted by molar-refractivity contribution is -0.146. The minimum Gasteiger partial charge on any atom is -0.453 e. The number of aromatic nitrogens is 4. The molecule has 8 rings (SSSR count). The first-order valence-corrected chi connectivity index (χ1v) is 22.4. The average Bonchev–Trinajstić information content (AvgIpc) is 3.60. The zero-order valence-electron chi connectivity index (χ0n) is 40.6. The van der Waals surface area contributed by atoms with Crippen LogP contribution in [0.3, 0.4) is 0 Å². The first-order chi connectivity index (χ1) is 32.5. The Morgan fingerprint density at radius 1 is 0.806 bits per heavy atom. The highest BCUT2D eigenvalue weighted by Gasteiger charge is 2.63. The summed E-state index contributed by atoms with van der Waals surface area (Å²) in [6.07, 6.45) is 17.0. The molecule has 16 heteroatoms. The third-order valence-electron chi connectivity index (χ3n) is 11.7. The van der Waals surface area contributed by atoms with Crippen molar-refractivity contribution < 1.29 is 38.1 Å². The topological polar surface area (TPSA) is 193 Å². The number of nitrogens with zero attached hydrogens (tertiary/aromatic N) is 4. The molecule has 5 aromatic rings. The zero-order valence-corrected chi connectivity index (χ0v) is 40.6. The number of ether oxygens (including phenoxy) is 4. The Morgan fingerprint density at radius 2 is 1.33 bits per heavy atom. The second-order valence-electron chi connectivity index (χ2n) is 16.0. The van der Waals surface area contributed by atoms with Crippen LogP contribution in [0.15, 0.2) is 73.1 Å². The Hall–Kier alpha value is -6.38. The van der Waals surface area contributed by atoms with E-state index in [1.807, 2.05) is 31.1 Å². The van der Waals surface area contributed by atoms with E-state index in [-0.39, 0.29) is 30.5 Å². The summed E-state index contributed by atoms with van der Waals surface area (Å²) in [5.41, 5.74) is 6.67. The Kier molecular flexibility index (Phi) is 23.5.